The second kappa shape index (κ2) is 7.72. The summed E-state index contributed by atoms with van der Waals surface area (Å²) in [6, 6.07) is 5.23. The minimum absolute atomic E-state index is 0.0173. The Morgan fingerprint density at radius 3 is 2.54 bits per heavy atom. The fourth-order valence-corrected chi connectivity index (χ4v) is 4.13. The van der Waals surface area contributed by atoms with Crippen LogP contribution in [-0.4, -0.2) is 60.0 Å². The summed E-state index contributed by atoms with van der Waals surface area (Å²) in [6.07, 6.45) is 0. The monoisotopic (exact) mass is 377 g/mol. The van der Waals surface area contributed by atoms with Gasteiger partial charge in [0.1, 0.15) is 9.88 Å². The summed E-state index contributed by atoms with van der Waals surface area (Å²) in [7, 11) is 1.43. The molecule has 1 saturated heterocycles. The smallest absolute Gasteiger partial charge is 0.265 e. The Kier molecular flexibility index (Phi) is 5.58. The van der Waals surface area contributed by atoms with Gasteiger partial charge in [0, 0.05) is 37.8 Å². The molecule has 1 aromatic carbocycles. The lowest BCUT2D eigenvalue weighted by atomic mass is 10.2. The largest absolute Gasteiger partial charge is 0.494 e. The normalized spacial score (nSPS) is 15.5. The van der Waals surface area contributed by atoms with Crippen molar-refractivity contribution in [2.45, 2.75) is 26.8 Å². The van der Waals surface area contributed by atoms with Crippen LogP contribution in [0.4, 0.5) is 4.39 Å². The van der Waals surface area contributed by atoms with E-state index >= 15 is 0 Å². The summed E-state index contributed by atoms with van der Waals surface area (Å²) >= 11 is 1.32. The molecule has 2 heterocycles. The van der Waals surface area contributed by atoms with Crippen molar-refractivity contribution in [2.75, 3.05) is 33.3 Å². The van der Waals surface area contributed by atoms with E-state index in [1.165, 1.54) is 24.5 Å². The molecule has 1 aromatic heterocycles. The Labute approximate surface area is 157 Å². The Morgan fingerprint density at radius 1 is 1.27 bits per heavy atom. The predicted molar refractivity (Wildman–Crippen MR) is 101 cm³/mol. The molecule has 0 unspecified atom stereocenters. The molecule has 1 aliphatic heterocycles. The van der Waals surface area contributed by atoms with Gasteiger partial charge in [-0.05, 0) is 39.0 Å². The number of carbonyl (C=O) groups is 1. The number of benzene rings is 1. The Morgan fingerprint density at radius 2 is 1.96 bits per heavy atom. The molecular weight excluding hydrogens is 353 g/mol. The van der Waals surface area contributed by atoms with Gasteiger partial charge in [0.2, 0.25) is 0 Å². The Bertz CT molecular complexity index is 798. The van der Waals surface area contributed by atoms with Crippen molar-refractivity contribution in [3.8, 4) is 16.3 Å². The van der Waals surface area contributed by atoms with E-state index < -0.39 is 5.82 Å². The van der Waals surface area contributed by atoms with Crippen LogP contribution in [0.1, 0.15) is 29.2 Å². The number of halogens is 1. The number of aromatic nitrogens is 1. The molecule has 0 spiro atoms. The number of aryl methyl sites for hydroxylation is 1. The maximum atomic E-state index is 14.0. The zero-order valence-electron chi connectivity index (χ0n) is 15.6. The molecule has 0 radical (unpaired) electrons. The molecule has 3 rings (SSSR count). The minimum Gasteiger partial charge on any atom is -0.494 e. The number of ether oxygens (including phenoxy) is 1. The predicted octanol–water partition coefficient (Wildman–Crippen LogP) is 3.43. The number of amides is 1. The van der Waals surface area contributed by atoms with E-state index in [2.05, 4.69) is 23.7 Å². The molecule has 0 saturated carbocycles. The summed E-state index contributed by atoms with van der Waals surface area (Å²) < 4.78 is 18.9. The highest BCUT2D eigenvalue weighted by atomic mass is 32.1. The van der Waals surface area contributed by atoms with Crippen LogP contribution in [0.15, 0.2) is 18.2 Å². The van der Waals surface area contributed by atoms with Gasteiger partial charge >= 0.3 is 0 Å². The number of methoxy groups -OCH3 is 1. The maximum absolute atomic E-state index is 14.0. The van der Waals surface area contributed by atoms with Crippen molar-refractivity contribution in [3.05, 3.63) is 34.6 Å². The first-order valence-corrected chi connectivity index (χ1v) is 9.57. The second-order valence-electron chi connectivity index (χ2n) is 6.70. The van der Waals surface area contributed by atoms with E-state index in [1.54, 1.807) is 12.1 Å². The van der Waals surface area contributed by atoms with Gasteiger partial charge in [-0.2, -0.15) is 0 Å². The van der Waals surface area contributed by atoms with E-state index in [-0.39, 0.29) is 11.7 Å². The molecule has 1 aliphatic rings. The third-order valence-electron chi connectivity index (χ3n) is 4.72. The molecule has 140 valence electrons. The van der Waals surface area contributed by atoms with Crippen molar-refractivity contribution < 1.29 is 13.9 Å². The first-order chi connectivity index (χ1) is 12.4. The molecule has 0 N–H and O–H groups in total. The lowest BCUT2D eigenvalue weighted by molar-refractivity contribution is 0.0599. The molecule has 1 fully saturated rings. The van der Waals surface area contributed by atoms with Crippen molar-refractivity contribution >= 4 is 17.2 Å². The van der Waals surface area contributed by atoms with Crippen LogP contribution in [0.25, 0.3) is 10.6 Å². The molecule has 5 nitrogen and oxygen atoms in total. The van der Waals surface area contributed by atoms with Gasteiger partial charge in [0.15, 0.2) is 11.6 Å². The van der Waals surface area contributed by atoms with Gasteiger partial charge < -0.3 is 9.64 Å². The van der Waals surface area contributed by atoms with E-state index in [0.717, 1.165) is 26.2 Å². The molecule has 0 aliphatic carbocycles. The number of piperazine rings is 1. The number of hydrogen-bond acceptors (Lipinski definition) is 5. The molecule has 2 aromatic rings. The van der Waals surface area contributed by atoms with Crippen LogP contribution in [0, 0.1) is 12.7 Å². The average molecular weight is 377 g/mol. The highest BCUT2D eigenvalue weighted by Gasteiger charge is 2.26. The molecule has 0 bridgehead atoms. The Hall–Kier alpha value is -1.99. The third-order valence-corrected chi connectivity index (χ3v) is 5.92. The molecular formula is C19H24FN3O2S. The van der Waals surface area contributed by atoms with Crippen LogP contribution in [-0.2, 0) is 0 Å². The van der Waals surface area contributed by atoms with Gasteiger partial charge in [-0.25, -0.2) is 9.37 Å². The summed E-state index contributed by atoms with van der Waals surface area (Å²) in [6.45, 7) is 9.39. The summed E-state index contributed by atoms with van der Waals surface area (Å²) in [5.41, 5.74) is 1.34. The standard InChI is InChI=1S/C19H24FN3O2S/c1-12(2)22-7-9-23(10-8-22)19(24)17-13(3)21-18(26-17)14-5-6-16(25-4)15(20)11-14/h5-6,11-12H,7-10H2,1-4H3. The summed E-state index contributed by atoms with van der Waals surface area (Å²) in [5, 5.41) is 0.646. The number of rotatable bonds is 4. The van der Waals surface area contributed by atoms with E-state index in [4.69, 9.17) is 4.74 Å². The number of carbonyl (C=O) groups excluding carboxylic acids is 1. The third kappa shape index (κ3) is 3.73. The van der Waals surface area contributed by atoms with Crippen molar-refractivity contribution in [1.29, 1.82) is 0 Å². The number of thiazole rings is 1. The fourth-order valence-electron chi connectivity index (χ4n) is 3.10. The van der Waals surface area contributed by atoms with Crippen LogP contribution in [0.2, 0.25) is 0 Å². The molecule has 0 atom stereocenters. The summed E-state index contributed by atoms with van der Waals surface area (Å²) in [5.74, 6) is -0.222. The van der Waals surface area contributed by atoms with Crippen LogP contribution in [0.5, 0.6) is 5.75 Å². The highest BCUT2D eigenvalue weighted by Crippen LogP contribution is 2.31. The first kappa shape index (κ1) is 18.8. The van der Waals surface area contributed by atoms with Gasteiger partial charge in [-0.3, -0.25) is 9.69 Å². The summed E-state index contributed by atoms with van der Waals surface area (Å²) in [4.78, 5) is 22.3. The zero-order valence-corrected chi connectivity index (χ0v) is 16.4. The fraction of sp³-hybridized carbons (Fsp3) is 0.474. The van der Waals surface area contributed by atoms with Crippen LogP contribution < -0.4 is 4.74 Å². The minimum atomic E-state index is -0.435. The zero-order chi connectivity index (χ0) is 18.8. The van der Waals surface area contributed by atoms with Gasteiger partial charge in [-0.15, -0.1) is 11.3 Å². The Balaban J connectivity index is 1.78. The lowest BCUT2D eigenvalue weighted by Gasteiger charge is -2.36. The lowest BCUT2D eigenvalue weighted by Crippen LogP contribution is -2.50. The topological polar surface area (TPSA) is 45.7 Å². The van der Waals surface area contributed by atoms with E-state index in [0.29, 0.717) is 27.2 Å². The molecule has 26 heavy (non-hydrogen) atoms. The number of hydrogen-bond donors (Lipinski definition) is 0. The maximum Gasteiger partial charge on any atom is 0.265 e. The highest BCUT2D eigenvalue weighted by molar-refractivity contribution is 7.17. The van der Waals surface area contributed by atoms with Crippen LogP contribution in [0.3, 0.4) is 0 Å². The van der Waals surface area contributed by atoms with E-state index in [1.807, 2.05) is 11.8 Å². The van der Waals surface area contributed by atoms with Crippen molar-refractivity contribution in [2.24, 2.45) is 0 Å². The average Bonchev–Trinajstić information content (AvgIpc) is 3.02. The van der Waals surface area contributed by atoms with Crippen molar-refractivity contribution in [1.82, 2.24) is 14.8 Å². The first-order valence-electron chi connectivity index (χ1n) is 8.75. The van der Waals surface area contributed by atoms with Gasteiger partial charge in [0.25, 0.3) is 5.91 Å². The number of nitrogens with zero attached hydrogens (tertiary/aromatic N) is 3. The van der Waals surface area contributed by atoms with Crippen LogP contribution >= 0.6 is 11.3 Å². The quantitative estimate of drug-likeness (QED) is 0.819. The van der Waals surface area contributed by atoms with E-state index in [9.17, 15) is 9.18 Å². The SMILES string of the molecule is COc1ccc(-c2nc(C)c(C(=O)N3CCN(C(C)C)CC3)s2)cc1F. The van der Waals surface area contributed by atoms with Crippen molar-refractivity contribution in [3.63, 3.8) is 0 Å². The molecule has 1 amide bonds. The van der Waals surface area contributed by atoms with Gasteiger partial charge in [0.05, 0.1) is 12.8 Å². The second-order valence-corrected chi connectivity index (χ2v) is 7.70. The van der Waals surface area contributed by atoms with Gasteiger partial charge in [-0.1, -0.05) is 0 Å². The molecule has 7 heteroatoms.